The molecule has 3 heterocycles. The van der Waals surface area contributed by atoms with Crippen molar-refractivity contribution >= 4 is 17.0 Å². The normalized spacial score (nSPS) is 22.9. The van der Waals surface area contributed by atoms with E-state index in [1.165, 1.54) is 0 Å². The first-order valence-electron chi connectivity index (χ1n) is 7.02. The highest BCUT2D eigenvalue weighted by molar-refractivity contribution is 5.95. The first-order valence-corrected chi connectivity index (χ1v) is 7.02. The van der Waals surface area contributed by atoms with Gasteiger partial charge in [-0.1, -0.05) is 6.92 Å². The molecule has 0 saturated carbocycles. The van der Waals surface area contributed by atoms with Crippen LogP contribution in [0, 0.1) is 12.8 Å². The van der Waals surface area contributed by atoms with Crippen LogP contribution in [0.15, 0.2) is 22.6 Å². The van der Waals surface area contributed by atoms with Crippen LogP contribution in [-0.2, 0) is 0 Å². The molecule has 0 aliphatic carbocycles. The molecule has 0 aromatic carbocycles. The number of hydrogen-bond acceptors (Lipinski definition) is 4. The number of nitrogens with one attached hydrogen (secondary N) is 2. The maximum atomic E-state index is 12.3. The highest BCUT2D eigenvalue weighted by Crippen LogP contribution is 2.19. The van der Waals surface area contributed by atoms with Gasteiger partial charge in [0, 0.05) is 24.3 Å². The maximum absolute atomic E-state index is 12.3. The summed E-state index contributed by atoms with van der Waals surface area (Å²) < 4.78 is 5.57. The number of carbonyl (C=O) groups excluding carboxylic acids is 1. The van der Waals surface area contributed by atoms with E-state index in [4.69, 9.17) is 4.42 Å². The third kappa shape index (κ3) is 2.54. The molecule has 0 bridgehead atoms. The molecule has 1 aliphatic rings. The Kier molecular flexibility index (Phi) is 3.44. The van der Waals surface area contributed by atoms with Gasteiger partial charge in [-0.25, -0.2) is 4.98 Å². The zero-order chi connectivity index (χ0) is 14.1. The summed E-state index contributed by atoms with van der Waals surface area (Å²) in [6, 6.07) is 5.58. The fourth-order valence-corrected chi connectivity index (χ4v) is 2.56. The number of furan rings is 1. The van der Waals surface area contributed by atoms with Crippen LogP contribution in [0.25, 0.3) is 11.1 Å². The molecule has 0 spiro atoms. The van der Waals surface area contributed by atoms with Gasteiger partial charge in [-0.2, -0.15) is 0 Å². The fourth-order valence-electron chi connectivity index (χ4n) is 2.56. The third-order valence-electron chi connectivity index (χ3n) is 3.88. The van der Waals surface area contributed by atoms with Crippen molar-refractivity contribution in [1.82, 2.24) is 15.6 Å². The second-order valence-electron chi connectivity index (χ2n) is 5.50. The SMILES string of the molecule is Cc1ccc2oc(C(=O)NC3CNCCC3C)cc2n1. The molecule has 5 heteroatoms. The average Bonchev–Trinajstić information content (AvgIpc) is 2.84. The van der Waals surface area contributed by atoms with Crippen molar-refractivity contribution in [1.29, 1.82) is 0 Å². The Morgan fingerprint density at radius 2 is 2.35 bits per heavy atom. The molecule has 2 unspecified atom stereocenters. The molecule has 1 amide bonds. The Morgan fingerprint density at radius 1 is 1.50 bits per heavy atom. The molecule has 5 nitrogen and oxygen atoms in total. The lowest BCUT2D eigenvalue weighted by atomic mass is 9.95. The van der Waals surface area contributed by atoms with E-state index in [2.05, 4.69) is 22.5 Å². The highest BCUT2D eigenvalue weighted by Gasteiger charge is 2.24. The third-order valence-corrected chi connectivity index (χ3v) is 3.88. The quantitative estimate of drug-likeness (QED) is 0.876. The molecule has 20 heavy (non-hydrogen) atoms. The summed E-state index contributed by atoms with van der Waals surface area (Å²) in [6.45, 7) is 5.91. The molecular weight excluding hydrogens is 254 g/mol. The van der Waals surface area contributed by atoms with E-state index in [1.54, 1.807) is 6.07 Å². The number of pyridine rings is 1. The minimum atomic E-state index is -0.166. The number of aryl methyl sites for hydroxylation is 1. The van der Waals surface area contributed by atoms with Gasteiger partial charge in [0.05, 0.1) is 0 Å². The van der Waals surface area contributed by atoms with Crippen LogP contribution in [0.3, 0.4) is 0 Å². The zero-order valence-corrected chi connectivity index (χ0v) is 11.8. The maximum Gasteiger partial charge on any atom is 0.287 e. The highest BCUT2D eigenvalue weighted by atomic mass is 16.3. The first-order chi connectivity index (χ1) is 9.63. The average molecular weight is 273 g/mol. The number of carbonyl (C=O) groups is 1. The Labute approximate surface area is 117 Å². The monoisotopic (exact) mass is 273 g/mol. The molecule has 2 aromatic heterocycles. The van der Waals surface area contributed by atoms with Crippen LogP contribution < -0.4 is 10.6 Å². The Morgan fingerprint density at radius 3 is 3.15 bits per heavy atom. The molecule has 1 saturated heterocycles. The van der Waals surface area contributed by atoms with E-state index in [0.29, 0.717) is 17.3 Å². The van der Waals surface area contributed by atoms with Crippen molar-refractivity contribution in [2.24, 2.45) is 5.92 Å². The van der Waals surface area contributed by atoms with Gasteiger partial charge in [0.1, 0.15) is 5.52 Å². The summed E-state index contributed by atoms with van der Waals surface area (Å²) in [5, 5.41) is 6.34. The van der Waals surface area contributed by atoms with E-state index in [0.717, 1.165) is 30.7 Å². The van der Waals surface area contributed by atoms with E-state index in [9.17, 15) is 4.79 Å². The van der Waals surface area contributed by atoms with Crippen LogP contribution in [0.2, 0.25) is 0 Å². The van der Waals surface area contributed by atoms with Crippen molar-refractivity contribution in [3.05, 3.63) is 29.7 Å². The van der Waals surface area contributed by atoms with Gasteiger partial charge in [-0.15, -0.1) is 0 Å². The van der Waals surface area contributed by atoms with Crippen molar-refractivity contribution < 1.29 is 9.21 Å². The zero-order valence-electron chi connectivity index (χ0n) is 11.8. The molecule has 3 rings (SSSR count). The van der Waals surface area contributed by atoms with Gasteiger partial charge < -0.3 is 15.1 Å². The number of nitrogens with zero attached hydrogens (tertiary/aromatic N) is 1. The van der Waals surface area contributed by atoms with Gasteiger partial charge in [0.15, 0.2) is 11.3 Å². The Bertz CT molecular complexity index is 635. The van der Waals surface area contributed by atoms with E-state index in [1.807, 2.05) is 19.1 Å². The standard InChI is InChI=1S/C15H19N3O2/c1-9-5-6-16-8-12(9)18-15(19)14-7-11-13(20-14)4-3-10(2)17-11/h3-4,7,9,12,16H,5-6,8H2,1-2H3,(H,18,19). The second-order valence-corrected chi connectivity index (χ2v) is 5.50. The minimum absolute atomic E-state index is 0.152. The van der Waals surface area contributed by atoms with Crippen LogP contribution in [-0.4, -0.2) is 30.0 Å². The van der Waals surface area contributed by atoms with Crippen LogP contribution in [0.1, 0.15) is 29.6 Å². The summed E-state index contributed by atoms with van der Waals surface area (Å²) >= 11 is 0. The predicted molar refractivity (Wildman–Crippen MR) is 76.7 cm³/mol. The largest absolute Gasteiger partial charge is 0.449 e. The number of piperidine rings is 1. The second kappa shape index (κ2) is 5.25. The van der Waals surface area contributed by atoms with Crippen molar-refractivity contribution in [2.75, 3.05) is 13.1 Å². The molecule has 2 aromatic rings. The number of hydrogen-bond donors (Lipinski definition) is 2. The van der Waals surface area contributed by atoms with E-state index < -0.39 is 0 Å². The lowest BCUT2D eigenvalue weighted by molar-refractivity contribution is 0.0889. The number of rotatable bonds is 2. The topological polar surface area (TPSA) is 67.2 Å². The van der Waals surface area contributed by atoms with Crippen LogP contribution >= 0.6 is 0 Å². The lowest BCUT2D eigenvalue weighted by Gasteiger charge is -2.29. The summed E-state index contributed by atoms with van der Waals surface area (Å²) in [4.78, 5) is 16.6. The van der Waals surface area contributed by atoms with E-state index in [-0.39, 0.29) is 11.9 Å². The van der Waals surface area contributed by atoms with Crippen molar-refractivity contribution in [2.45, 2.75) is 26.3 Å². The fraction of sp³-hybridized carbons (Fsp3) is 0.467. The summed E-state index contributed by atoms with van der Waals surface area (Å²) in [5.41, 5.74) is 2.29. The summed E-state index contributed by atoms with van der Waals surface area (Å²) in [6.07, 6.45) is 1.08. The first kappa shape index (κ1) is 13.1. The van der Waals surface area contributed by atoms with E-state index >= 15 is 0 Å². The lowest BCUT2D eigenvalue weighted by Crippen LogP contribution is -2.50. The molecule has 2 atom stereocenters. The van der Waals surface area contributed by atoms with Gasteiger partial charge in [0.25, 0.3) is 5.91 Å². The molecule has 1 fully saturated rings. The molecule has 2 N–H and O–H groups in total. The molecule has 0 radical (unpaired) electrons. The van der Waals surface area contributed by atoms with Crippen LogP contribution in [0.5, 0.6) is 0 Å². The minimum Gasteiger partial charge on any atom is -0.449 e. The van der Waals surface area contributed by atoms with Crippen molar-refractivity contribution in [3.63, 3.8) is 0 Å². The predicted octanol–water partition coefficient (Wildman–Crippen LogP) is 1.86. The Balaban J connectivity index is 1.78. The molecule has 1 aliphatic heterocycles. The van der Waals surface area contributed by atoms with Gasteiger partial charge in [-0.3, -0.25) is 4.79 Å². The smallest absolute Gasteiger partial charge is 0.287 e. The number of aromatic nitrogens is 1. The molecular formula is C15H19N3O2. The van der Waals surface area contributed by atoms with Gasteiger partial charge in [-0.05, 0) is 37.9 Å². The number of amides is 1. The molecule has 106 valence electrons. The van der Waals surface area contributed by atoms with Gasteiger partial charge >= 0.3 is 0 Å². The summed E-state index contributed by atoms with van der Waals surface area (Å²) in [7, 11) is 0. The van der Waals surface area contributed by atoms with Crippen LogP contribution in [0.4, 0.5) is 0 Å². The Hall–Kier alpha value is -1.88. The van der Waals surface area contributed by atoms with Crippen molar-refractivity contribution in [3.8, 4) is 0 Å². The van der Waals surface area contributed by atoms with Gasteiger partial charge in [0.2, 0.25) is 0 Å². The summed E-state index contributed by atoms with van der Waals surface area (Å²) in [5.74, 6) is 0.641. The number of fused-ring (bicyclic) bond motifs is 1.